The molecule has 0 fully saturated rings. The molecule has 1 unspecified atom stereocenters. The number of nitrogens with zero attached hydrogens (tertiary/aromatic N) is 1. The van der Waals surface area contributed by atoms with Crippen molar-refractivity contribution in [1.29, 1.82) is 0 Å². The quantitative estimate of drug-likeness (QED) is 0.922. The van der Waals surface area contributed by atoms with Crippen LogP contribution in [0.4, 0.5) is 11.4 Å². The molecule has 0 saturated carbocycles. The first-order valence-corrected chi connectivity index (χ1v) is 7.50. The summed E-state index contributed by atoms with van der Waals surface area (Å²) in [5.74, 6) is 0.201. The summed E-state index contributed by atoms with van der Waals surface area (Å²) < 4.78 is 0. The van der Waals surface area contributed by atoms with Crippen molar-refractivity contribution in [2.45, 2.75) is 25.8 Å². The third-order valence-corrected chi connectivity index (χ3v) is 3.86. The van der Waals surface area contributed by atoms with Gasteiger partial charge in [-0.05, 0) is 24.1 Å². The zero-order valence-electron chi connectivity index (χ0n) is 12.3. The Hall–Kier alpha value is -2.29. The second-order valence-corrected chi connectivity index (χ2v) is 5.38. The van der Waals surface area contributed by atoms with Crippen LogP contribution in [0.2, 0.25) is 0 Å². The highest BCUT2D eigenvalue weighted by Gasteiger charge is 2.27. The molecule has 1 aliphatic rings. The second kappa shape index (κ2) is 6.00. The molecule has 21 heavy (non-hydrogen) atoms. The standard InChI is InChI=1S/C18H20N2O/c1-2-8-18(21)20-13-16(14-9-4-3-5-10-14)19-15-11-6-7-12-17(15)20/h3-7,9-12,16,19H,2,8,13H2,1H3. The van der Waals surface area contributed by atoms with Gasteiger partial charge in [0.1, 0.15) is 0 Å². The Kier molecular flexibility index (Phi) is 3.91. The maximum atomic E-state index is 12.4. The van der Waals surface area contributed by atoms with Gasteiger partial charge in [0.25, 0.3) is 0 Å². The van der Waals surface area contributed by atoms with Crippen LogP contribution in [0.25, 0.3) is 0 Å². The summed E-state index contributed by atoms with van der Waals surface area (Å²) in [6.45, 7) is 2.72. The lowest BCUT2D eigenvalue weighted by molar-refractivity contribution is -0.118. The van der Waals surface area contributed by atoms with Crippen LogP contribution in [0, 0.1) is 0 Å². The van der Waals surface area contributed by atoms with Crippen LogP contribution in [0.3, 0.4) is 0 Å². The minimum Gasteiger partial charge on any atom is -0.375 e. The van der Waals surface area contributed by atoms with E-state index in [1.165, 1.54) is 5.56 Å². The third-order valence-electron chi connectivity index (χ3n) is 3.86. The van der Waals surface area contributed by atoms with Crippen LogP contribution in [0.15, 0.2) is 54.6 Å². The topological polar surface area (TPSA) is 32.3 Å². The summed E-state index contributed by atoms with van der Waals surface area (Å²) in [5, 5.41) is 3.55. The number of rotatable bonds is 3. The van der Waals surface area contributed by atoms with Crippen LogP contribution in [0.1, 0.15) is 31.4 Å². The van der Waals surface area contributed by atoms with E-state index in [4.69, 9.17) is 0 Å². The fourth-order valence-electron chi connectivity index (χ4n) is 2.80. The Morgan fingerprint density at radius 3 is 2.62 bits per heavy atom. The van der Waals surface area contributed by atoms with Gasteiger partial charge in [-0.25, -0.2) is 0 Å². The minimum atomic E-state index is 0.141. The number of anilines is 2. The summed E-state index contributed by atoms with van der Waals surface area (Å²) in [6.07, 6.45) is 1.47. The molecule has 1 amide bonds. The SMILES string of the molecule is CCCC(=O)N1CC(c2ccccc2)Nc2ccccc21. The van der Waals surface area contributed by atoms with Gasteiger partial charge < -0.3 is 10.2 Å². The highest BCUT2D eigenvalue weighted by atomic mass is 16.2. The second-order valence-electron chi connectivity index (χ2n) is 5.38. The van der Waals surface area contributed by atoms with Crippen LogP contribution >= 0.6 is 0 Å². The van der Waals surface area contributed by atoms with Gasteiger partial charge in [-0.3, -0.25) is 4.79 Å². The molecule has 3 rings (SSSR count). The normalized spacial score (nSPS) is 17.0. The third kappa shape index (κ3) is 2.77. The van der Waals surface area contributed by atoms with Gasteiger partial charge in [0.2, 0.25) is 5.91 Å². The van der Waals surface area contributed by atoms with E-state index in [0.29, 0.717) is 13.0 Å². The molecule has 108 valence electrons. The van der Waals surface area contributed by atoms with E-state index in [2.05, 4.69) is 17.4 Å². The first kappa shape index (κ1) is 13.7. The van der Waals surface area contributed by atoms with Crippen LogP contribution in [-0.2, 0) is 4.79 Å². The molecule has 0 saturated heterocycles. The number of para-hydroxylation sites is 2. The zero-order valence-corrected chi connectivity index (χ0v) is 12.3. The number of benzene rings is 2. The first-order chi connectivity index (χ1) is 10.3. The van der Waals surface area contributed by atoms with Crippen molar-refractivity contribution in [3.63, 3.8) is 0 Å². The van der Waals surface area contributed by atoms with Crippen LogP contribution in [-0.4, -0.2) is 12.5 Å². The fourth-order valence-corrected chi connectivity index (χ4v) is 2.80. The number of hydrogen-bond acceptors (Lipinski definition) is 2. The number of fused-ring (bicyclic) bond motifs is 1. The van der Waals surface area contributed by atoms with Crippen molar-refractivity contribution in [3.8, 4) is 0 Å². The largest absolute Gasteiger partial charge is 0.375 e. The molecule has 0 radical (unpaired) electrons. The average molecular weight is 280 g/mol. The van der Waals surface area contributed by atoms with Gasteiger partial charge in [0.15, 0.2) is 0 Å². The van der Waals surface area contributed by atoms with Gasteiger partial charge in [-0.15, -0.1) is 0 Å². The van der Waals surface area contributed by atoms with Crippen molar-refractivity contribution in [2.75, 3.05) is 16.8 Å². The predicted molar refractivity (Wildman–Crippen MR) is 86.5 cm³/mol. The lowest BCUT2D eigenvalue weighted by atomic mass is 10.0. The first-order valence-electron chi connectivity index (χ1n) is 7.50. The Morgan fingerprint density at radius 1 is 1.14 bits per heavy atom. The van der Waals surface area contributed by atoms with Gasteiger partial charge in [0, 0.05) is 6.42 Å². The molecular weight excluding hydrogens is 260 g/mol. The summed E-state index contributed by atoms with van der Waals surface area (Å²) in [6, 6.07) is 18.5. The molecule has 2 aromatic carbocycles. The molecule has 0 aliphatic carbocycles. The smallest absolute Gasteiger partial charge is 0.227 e. The molecule has 3 nitrogen and oxygen atoms in total. The fraction of sp³-hybridized carbons (Fsp3) is 0.278. The molecule has 1 heterocycles. The number of carbonyl (C=O) groups is 1. The molecule has 0 aromatic heterocycles. The highest BCUT2D eigenvalue weighted by molar-refractivity contribution is 5.97. The minimum absolute atomic E-state index is 0.141. The zero-order chi connectivity index (χ0) is 14.7. The summed E-state index contributed by atoms with van der Waals surface area (Å²) in [5.41, 5.74) is 3.23. The van der Waals surface area contributed by atoms with Gasteiger partial charge in [0.05, 0.1) is 24.0 Å². The Bertz CT molecular complexity index is 624. The van der Waals surface area contributed by atoms with Gasteiger partial charge in [-0.1, -0.05) is 49.4 Å². The van der Waals surface area contributed by atoms with Gasteiger partial charge in [-0.2, -0.15) is 0 Å². The number of nitrogens with one attached hydrogen (secondary N) is 1. The Labute approximate surface area is 125 Å². The summed E-state index contributed by atoms with van der Waals surface area (Å²) >= 11 is 0. The molecule has 2 aromatic rings. The van der Waals surface area contributed by atoms with E-state index in [1.807, 2.05) is 54.3 Å². The Morgan fingerprint density at radius 2 is 1.86 bits per heavy atom. The van der Waals surface area contributed by atoms with Crippen molar-refractivity contribution in [3.05, 3.63) is 60.2 Å². The monoisotopic (exact) mass is 280 g/mol. The highest BCUT2D eigenvalue weighted by Crippen LogP contribution is 2.35. The van der Waals surface area contributed by atoms with Crippen LogP contribution < -0.4 is 10.2 Å². The average Bonchev–Trinajstić information content (AvgIpc) is 2.55. The van der Waals surface area contributed by atoms with E-state index in [0.717, 1.165) is 17.8 Å². The maximum absolute atomic E-state index is 12.4. The van der Waals surface area contributed by atoms with E-state index >= 15 is 0 Å². The Balaban J connectivity index is 1.95. The predicted octanol–water partition coefficient (Wildman–Crippen LogP) is 3.99. The summed E-state index contributed by atoms with van der Waals surface area (Å²) in [4.78, 5) is 14.4. The molecule has 0 bridgehead atoms. The van der Waals surface area contributed by atoms with E-state index < -0.39 is 0 Å². The number of carbonyl (C=O) groups excluding carboxylic acids is 1. The van der Waals surface area contributed by atoms with E-state index in [1.54, 1.807) is 0 Å². The summed E-state index contributed by atoms with van der Waals surface area (Å²) in [7, 11) is 0. The lowest BCUT2D eigenvalue weighted by Gasteiger charge is -2.36. The number of amides is 1. The van der Waals surface area contributed by atoms with Crippen molar-refractivity contribution in [2.24, 2.45) is 0 Å². The molecule has 1 atom stereocenters. The maximum Gasteiger partial charge on any atom is 0.227 e. The molecule has 1 N–H and O–H groups in total. The van der Waals surface area contributed by atoms with Gasteiger partial charge >= 0.3 is 0 Å². The van der Waals surface area contributed by atoms with Crippen molar-refractivity contribution >= 4 is 17.3 Å². The molecular formula is C18H20N2O. The molecule has 3 heteroatoms. The van der Waals surface area contributed by atoms with E-state index in [-0.39, 0.29) is 11.9 Å². The molecule has 0 spiro atoms. The van der Waals surface area contributed by atoms with Crippen molar-refractivity contribution in [1.82, 2.24) is 0 Å². The van der Waals surface area contributed by atoms with E-state index in [9.17, 15) is 4.79 Å². The van der Waals surface area contributed by atoms with Crippen molar-refractivity contribution < 1.29 is 4.79 Å². The van der Waals surface area contributed by atoms with Crippen LogP contribution in [0.5, 0.6) is 0 Å². The number of hydrogen-bond donors (Lipinski definition) is 1. The molecule has 1 aliphatic heterocycles. The lowest BCUT2D eigenvalue weighted by Crippen LogP contribution is -2.40.